The summed E-state index contributed by atoms with van der Waals surface area (Å²) < 4.78 is 0.908. The van der Waals surface area contributed by atoms with Gasteiger partial charge in [-0.3, -0.25) is 19.7 Å². The largest absolute Gasteiger partial charge is 0.326 e. The average molecular weight is 404 g/mol. The minimum absolute atomic E-state index is 0.0417. The summed E-state index contributed by atoms with van der Waals surface area (Å²) in [5.41, 5.74) is 1.17. The Morgan fingerprint density at radius 1 is 1.16 bits per heavy atom. The van der Waals surface area contributed by atoms with Crippen molar-refractivity contribution in [2.75, 3.05) is 16.8 Å². The number of hydrogen-bond donors (Lipinski definition) is 1. The molecule has 128 valence electrons. The Kier molecular flexibility index (Phi) is 4.80. The first-order valence-electron chi connectivity index (χ1n) is 7.55. The zero-order valence-corrected chi connectivity index (χ0v) is 14.6. The highest BCUT2D eigenvalue weighted by molar-refractivity contribution is 9.10. The van der Waals surface area contributed by atoms with E-state index in [0.29, 0.717) is 11.4 Å². The summed E-state index contributed by atoms with van der Waals surface area (Å²) >= 11 is 3.33. The molecule has 1 heterocycles. The molecule has 1 N–H and O–H groups in total. The second-order valence-corrected chi connectivity index (χ2v) is 6.59. The number of anilines is 2. The van der Waals surface area contributed by atoms with E-state index in [1.54, 1.807) is 12.1 Å². The van der Waals surface area contributed by atoms with Gasteiger partial charge in [0.05, 0.1) is 10.8 Å². The van der Waals surface area contributed by atoms with Crippen molar-refractivity contribution in [2.24, 2.45) is 5.92 Å². The van der Waals surface area contributed by atoms with E-state index in [2.05, 4.69) is 21.2 Å². The molecular formula is C17H14BrN3O4. The van der Waals surface area contributed by atoms with Gasteiger partial charge in [0.15, 0.2) is 0 Å². The molecule has 8 heteroatoms. The number of non-ortho nitro benzene ring substituents is 1. The highest BCUT2D eigenvalue weighted by Gasteiger charge is 2.35. The molecule has 3 rings (SSSR count). The fraction of sp³-hybridized carbons (Fsp3) is 0.176. The van der Waals surface area contributed by atoms with Crippen LogP contribution in [0.3, 0.4) is 0 Å². The lowest BCUT2D eigenvalue weighted by Gasteiger charge is -2.16. The third kappa shape index (κ3) is 3.85. The molecule has 7 nitrogen and oxygen atoms in total. The predicted octanol–water partition coefficient (Wildman–Crippen LogP) is 3.35. The molecule has 0 spiro atoms. The van der Waals surface area contributed by atoms with Gasteiger partial charge in [0.2, 0.25) is 11.8 Å². The van der Waals surface area contributed by atoms with Crippen LogP contribution in [0.4, 0.5) is 17.1 Å². The monoisotopic (exact) mass is 403 g/mol. The summed E-state index contributed by atoms with van der Waals surface area (Å²) in [6.07, 6.45) is 0.110. The molecule has 2 amide bonds. The van der Waals surface area contributed by atoms with E-state index >= 15 is 0 Å². The number of carbonyl (C=O) groups excluding carboxylic acids is 2. The third-order valence-corrected chi connectivity index (χ3v) is 4.51. The van der Waals surface area contributed by atoms with Gasteiger partial charge in [-0.1, -0.05) is 15.9 Å². The number of rotatable bonds is 4. The maximum atomic E-state index is 12.4. The number of halogens is 1. The molecule has 1 saturated heterocycles. The fourth-order valence-corrected chi connectivity index (χ4v) is 2.93. The molecule has 0 aromatic heterocycles. The number of nitrogens with one attached hydrogen (secondary N) is 1. The Morgan fingerprint density at radius 3 is 2.40 bits per heavy atom. The summed E-state index contributed by atoms with van der Waals surface area (Å²) in [5, 5.41) is 13.5. The maximum absolute atomic E-state index is 12.4. The first kappa shape index (κ1) is 17.1. The van der Waals surface area contributed by atoms with Gasteiger partial charge < -0.3 is 10.2 Å². The summed E-state index contributed by atoms with van der Waals surface area (Å²) in [6, 6.07) is 12.9. The van der Waals surface area contributed by atoms with Crippen LogP contribution < -0.4 is 10.2 Å². The zero-order chi connectivity index (χ0) is 18.0. The number of nitro benzene ring substituents is 1. The van der Waals surface area contributed by atoms with Crippen LogP contribution in [-0.2, 0) is 9.59 Å². The van der Waals surface area contributed by atoms with Crippen molar-refractivity contribution in [3.63, 3.8) is 0 Å². The first-order chi connectivity index (χ1) is 11.9. The molecule has 1 fully saturated rings. The number of amides is 2. The van der Waals surface area contributed by atoms with Crippen molar-refractivity contribution < 1.29 is 14.5 Å². The van der Waals surface area contributed by atoms with Crippen molar-refractivity contribution in [2.45, 2.75) is 6.42 Å². The normalized spacial score (nSPS) is 16.8. The number of benzene rings is 2. The topological polar surface area (TPSA) is 92.6 Å². The van der Waals surface area contributed by atoms with Crippen molar-refractivity contribution in [1.29, 1.82) is 0 Å². The van der Waals surface area contributed by atoms with Crippen LogP contribution in [0.5, 0.6) is 0 Å². The number of nitrogens with zero attached hydrogens (tertiary/aromatic N) is 2. The van der Waals surface area contributed by atoms with E-state index < -0.39 is 10.8 Å². The number of nitro groups is 1. The van der Waals surface area contributed by atoms with Gasteiger partial charge >= 0.3 is 0 Å². The van der Waals surface area contributed by atoms with Gasteiger partial charge in [-0.2, -0.15) is 0 Å². The van der Waals surface area contributed by atoms with E-state index in [4.69, 9.17) is 0 Å². The van der Waals surface area contributed by atoms with Crippen molar-refractivity contribution in [3.05, 3.63) is 63.1 Å². The second kappa shape index (κ2) is 7.02. The molecular weight excluding hydrogens is 390 g/mol. The Labute approximate surface area is 151 Å². The van der Waals surface area contributed by atoms with Crippen LogP contribution >= 0.6 is 15.9 Å². The Balaban J connectivity index is 1.68. The lowest BCUT2D eigenvalue weighted by Crippen LogP contribution is -2.28. The van der Waals surface area contributed by atoms with Crippen LogP contribution in [0.15, 0.2) is 53.0 Å². The van der Waals surface area contributed by atoms with Crippen molar-refractivity contribution in [1.82, 2.24) is 0 Å². The molecule has 1 atom stereocenters. The molecule has 0 saturated carbocycles. The molecule has 1 aliphatic rings. The van der Waals surface area contributed by atoms with Crippen molar-refractivity contribution in [3.8, 4) is 0 Å². The summed E-state index contributed by atoms with van der Waals surface area (Å²) in [6.45, 7) is 0.249. The highest BCUT2D eigenvalue weighted by Crippen LogP contribution is 2.27. The summed E-state index contributed by atoms with van der Waals surface area (Å²) in [4.78, 5) is 36.3. The van der Waals surface area contributed by atoms with Gasteiger partial charge in [-0.05, 0) is 36.4 Å². The van der Waals surface area contributed by atoms with E-state index in [1.807, 2.05) is 12.1 Å². The fourth-order valence-electron chi connectivity index (χ4n) is 2.66. The van der Waals surface area contributed by atoms with Crippen LogP contribution in [0, 0.1) is 16.0 Å². The van der Waals surface area contributed by atoms with Gasteiger partial charge in [0.1, 0.15) is 0 Å². The number of carbonyl (C=O) groups is 2. The molecule has 0 aliphatic carbocycles. The highest BCUT2D eigenvalue weighted by atomic mass is 79.9. The van der Waals surface area contributed by atoms with Crippen LogP contribution in [0.2, 0.25) is 0 Å². The van der Waals surface area contributed by atoms with Crippen molar-refractivity contribution >= 4 is 44.8 Å². The molecule has 0 bridgehead atoms. The molecule has 0 radical (unpaired) electrons. The van der Waals surface area contributed by atoms with Crippen LogP contribution in [0.25, 0.3) is 0 Å². The van der Waals surface area contributed by atoms with E-state index in [-0.39, 0.29) is 30.5 Å². The Bertz CT molecular complexity index is 821. The molecule has 2 aromatic carbocycles. The van der Waals surface area contributed by atoms with Gasteiger partial charge in [0, 0.05) is 40.9 Å². The Hall–Kier alpha value is -2.74. The third-order valence-electron chi connectivity index (χ3n) is 3.98. The number of hydrogen-bond acceptors (Lipinski definition) is 4. The van der Waals surface area contributed by atoms with E-state index in [1.165, 1.54) is 29.2 Å². The standard InChI is InChI=1S/C17H14BrN3O4/c18-12-1-3-13(4-2-12)19-17(23)11-9-16(22)20(10-11)14-5-7-15(8-6-14)21(24)25/h1-8,11H,9-10H2,(H,19,23)/t11-/m0/s1. The van der Waals surface area contributed by atoms with E-state index in [9.17, 15) is 19.7 Å². The summed E-state index contributed by atoms with van der Waals surface area (Å²) in [5.74, 6) is -0.865. The maximum Gasteiger partial charge on any atom is 0.269 e. The molecule has 25 heavy (non-hydrogen) atoms. The zero-order valence-electron chi connectivity index (χ0n) is 13.0. The lowest BCUT2D eigenvalue weighted by molar-refractivity contribution is -0.384. The SMILES string of the molecule is O=C(Nc1ccc(Br)cc1)[C@H]1CC(=O)N(c2ccc([N+](=O)[O-])cc2)C1. The van der Waals surface area contributed by atoms with E-state index in [0.717, 1.165) is 4.47 Å². The second-order valence-electron chi connectivity index (χ2n) is 5.68. The quantitative estimate of drug-likeness (QED) is 0.625. The molecule has 1 aliphatic heterocycles. The predicted molar refractivity (Wildman–Crippen MR) is 96.3 cm³/mol. The van der Waals surface area contributed by atoms with Gasteiger partial charge in [-0.15, -0.1) is 0 Å². The minimum Gasteiger partial charge on any atom is -0.326 e. The smallest absolute Gasteiger partial charge is 0.269 e. The van der Waals surface area contributed by atoms with Gasteiger partial charge in [-0.25, -0.2) is 0 Å². The van der Waals surface area contributed by atoms with Gasteiger partial charge in [0.25, 0.3) is 5.69 Å². The van der Waals surface area contributed by atoms with Crippen LogP contribution in [0.1, 0.15) is 6.42 Å². The van der Waals surface area contributed by atoms with Crippen LogP contribution in [-0.4, -0.2) is 23.3 Å². The molecule has 2 aromatic rings. The minimum atomic E-state index is -0.496. The Morgan fingerprint density at radius 2 is 1.80 bits per heavy atom. The lowest BCUT2D eigenvalue weighted by atomic mass is 10.1. The summed E-state index contributed by atoms with van der Waals surface area (Å²) in [7, 11) is 0. The molecule has 0 unspecified atom stereocenters. The average Bonchev–Trinajstić information content (AvgIpc) is 2.99. The first-order valence-corrected chi connectivity index (χ1v) is 8.34.